The maximum atomic E-state index is 12.1. The third-order valence-electron chi connectivity index (χ3n) is 3.90. The van der Waals surface area contributed by atoms with Crippen molar-refractivity contribution in [2.45, 2.75) is 33.6 Å². The molecule has 0 aliphatic heterocycles. The summed E-state index contributed by atoms with van der Waals surface area (Å²) in [5.74, 6) is -0.187. The van der Waals surface area contributed by atoms with E-state index in [1.165, 1.54) is 0 Å². The zero-order chi connectivity index (χ0) is 14.5. The summed E-state index contributed by atoms with van der Waals surface area (Å²) < 4.78 is 0. The Labute approximate surface area is 120 Å². The highest BCUT2D eigenvalue weighted by atomic mass is 35.5. The number of hydrogen-bond acceptors (Lipinski definition) is 2. The summed E-state index contributed by atoms with van der Waals surface area (Å²) in [6.07, 6.45) is 1.64. The monoisotopic (exact) mass is 283 g/mol. The molecule has 0 atom stereocenters. The molecule has 19 heavy (non-hydrogen) atoms. The number of carbonyl (C=O) groups excluding carboxylic acids is 1. The van der Waals surface area contributed by atoms with Crippen molar-refractivity contribution in [1.29, 1.82) is 0 Å². The van der Waals surface area contributed by atoms with E-state index < -0.39 is 0 Å². The van der Waals surface area contributed by atoms with Crippen molar-refractivity contribution in [1.82, 2.24) is 5.32 Å². The van der Waals surface area contributed by atoms with E-state index >= 15 is 0 Å². The average Bonchev–Trinajstić information content (AvgIpc) is 2.44. The van der Waals surface area contributed by atoms with Gasteiger partial charge in [0.05, 0.1) is 17.2 Å². The first-order valence-corrected chi connectivity index (χ1v) is 7.01. The molecule has 3 nitrogen and oxygen atoms in total. The molecule has 1 rings (SSSR count). The molecule has 0 saturated heterocycles. The van der Waals surface area contributed by atoms with Crippen molar-refractivity contribution >= 4 is 17.5 Å². The van der Waals surface area contributed by atoms with Crippen molar-refractivity contribution in [3.8, 4) is 0 Å². The molecule has 0 aliphatic rings. The molecule has 0 aliphatic carbocycles. The minimum Gasteiger partial charge on any atom is -0.396 e. The number of nitrogens with one attached hydrogen (secondary N) is 1. The Kier molecular flexibility index (Phi) is 5.83. The van der Waals surface area contributed by atoms with Gasteiger partial charge in [0.2, 0.25) is 0 Å². The number of aliphatic hydroxyl groups excluding tert-OH is 1. The molecule has 1 amide bonds. The molecule has 4 heteroatoms. The molecule has 1 aromatic carbocycles. The maximum Gasteiger partial charge on any atom is 0.252 e. The van der Waals surface area contributed by atoms with Crippen LogP contribution in [0.3, 0.4) is 0 Å². The zero-order valence-corrected chi connectivity index (χ0v) is 12.5. The fourth-order valence-electron chi connectivity index (χ4n) is 1.97. The van der Waals surface area contributed by atoms with Gasteiger partial charge in [-0.25, -0.2) is 0 Å². The van der Waals surface area contributed by atoms with Crippen LogP contribution in [0.2, 0.25) is 5.02 Å². The largest absolute Gasteiger partial charge is 0.396 e. The fourth-order valence-corrected chi connectivity index (χ4v) is 2.18. The van der Waals surface area contributed by atoms with Crippen molar-refractivity contribution in [3.63, 3.8) is 0 Å². The number of aryl methyl sites for hydroxylation is 1. The molecule has 0 fully saturated rings. The summed E-state index contributed by atoms with van der Waals surface area (Å²) in [4.78, 5) is 12.1. The van der Waals surface area contributed by atoms with E-state index in [9.17, 15) is 9.90 Å². The molecular formula is C15H22ClNO2. The number of rotatable bonds is 6. The van der Waals surface area contributed by atoms with Crippen LogP contribution in [-0.2, 0) is 0 Å². The van der Waals surface area contributed by atoms with Gasteiger partial charge in [-0.3, -0.25) is 4.79 Å². The van der Waals surface area contributed by atoms with Crippen LogP contribution in [0, 0.1) is 12.3 Å². The lowest BCUT2D eigenvalue weighted by Gasteiger charge is -2.29. The maximum absolute atomic E-state index is 12.1. The molecule has 2 N–H and O–H groups in total. The van der Waals surface area contributed by atoms with E-state index in [1.54, 1.807) is 6.07 Å². The summed E-state index contributed by atoms with van der Waals surface area (Å²) in [6, 6.07) is 5.40. The highest BCUT2D eigenvalue weighted by Crippen LogP contribution is 2.25. The Bertz CT molecular complexity index is 434. The van der Waals surface area contributed by atoms with Gasteiger partial charge in [0, 0.05) is 12.0 Å². The van der Waals surface area contributed by atoms with Crippen molar-refractivity contribution in [2.75, 3.05) is 13.2 Å². The quantitative estimate of drug-likeness (QED) is 0.842. The first kappa shape index (κ1) is 16.0. The molecule has 1 aromatic rings. The van der Waals surface area contributed by atoms with E-state index in [-0.39, 0.29) is 17.9 Å². The minimum atomic E-state index is -0.244. The van der Waals surface area contributed by atoms with Crippen molar-refractivity contribution in [3.05, 3.63) is 34.3 Å². The molecule has 0 heterocycles. The second kappa shape index (κ2) is 6.92. The SMILES string of the molecule is CCC(CC)(CO)CNC(=O)c1cccc(C)c1Cl. The number of amides is 1. The van der Waals surface area contributed by atoms with Crippen LogP contribution in [-0.4, -0.2) is 24.2 Å². The number of aliphatic hydroxyl groups is 1. The summed E-state index contributed by atoms with van der Waals surface area (Å²) in [5.41, 5.74) is 1.13. The lowest BCUT2D eigenvalue weighted by Crippen LogP contribution is -2.39. The van der Waals surface area contributed by atoms with Crippen LogP contribution in [0.25, 0.3) is 0 Å². The lowest BCUT2D eigenvalue weighted by atomic mass is 9.83. The molecular weight excluding hydrogens is 262 g/mol. The van der Waals surface area contributed by atoms with Crippen molar-refractivity contribution < 1.29 is 9.90 Å². The molecule has 0 radical (unpaired) electrons. The van der Waals surface area contributed by atoms with E-state index in [0.29, 0.717) is 17.1 Å². The topological polar surface area (TPSA) is 49.3 Å². The second-order valence-corrected chi connectivity index (χ2v) is 5.36. The summed E-state index contributed by atoms with van der Waals surface area (Å²) in [5, 5.41) is 12.8. The first-order valence-electron chi connectivity index (χ1n) is 6.64. The van der Waals surface area contributed by atoms with E-state index in [2.05, 4.69) is 5.32 Å². The van der Waals surface area contributed by atoms with E-state index in [0.717, 1.165) is 18.4 Å². The van der Waals surface area contributed by atoms with Gasteiger partial charge in [0.25, 0.3) is 5.91 Å². The lowest BCUT2D eigenvalue weighted by molar-refractivity contribution is 0.0851. The van der Waals surface area contributed by atoms with Crippen LogP contribution >= 0.6 is 11.6 Å². The highest BCUT2D eigenvalue weighted by molar-refractivity contribution is 6.34. The zero-order valence-electron chi connectivity index (χ0n) is 11.8. The second-order valence-electron chi connectivity index (χ2n) is 4.98. The van der Waals surface area contributed by atoms with Gasteiger partial charge >= 0.3 is 0 Å². The van der Waals surface area contributed by atoms with E-state index in [4.69, 9.17) is 11.6 Å². The predicted octanol–water partition coefficient (Wildman–Crippen LogP) is 3.18. The van der Waals surface area contributed by atoms with Gasteiger partial charge in [-0.05, 0) is 31.4 Å². The van der Waals surface area contributed by atoms with Crippen LogP contribution in [0.15, 0.2) is 18.2 Å². The number of carbonyl (C=O) groups is 1. The summed E-state index contributed by atoms with van der Waals surface area (Å²) in [6.45, 7) is 6.44. The van der Waals surface area contributed by atoms with Crippen LogP contribution in [0.5, 0.6) is 0 Å². The Hall–Kier alpha value is -1.06. The first-order chi connectivity index (χ1) is 8.99. The van der Waals surface area contributed by atoms with Crippen molar-refractivity contribution in [2.24, 2.45) is 5.41 Å². The fraction of sp³-hybridized carbons (Fsp3) is 0.533. The predicted molar refractivity (Wildman–Crippen MR) is 78.6 cm³/mol. The summed E-state index contributed by atoms with van der Waals surface area (Å²) >= 11 is 6.13. The summed E-state index contributed by atoms with van der Waals surface area (Å²) in [7, 11) is 0. The van der Waals surface area contributed by atoms with Crippen LogP contribution in [0.4, 0.5) is 0 Å². The third-order valence-corrected chi connectivity index (χ3v) is 4.40. The number of benzene rings is 1. The van der Waals surface area contributed by atoms with Gasteiger partial charge < -0.3 is 10.4 Å². The molecule has 0 unspecified atom stereocenters. The Morgan fingerprint density at radius 1 is 1.37 bits per heavy atom. The van der Waals surface area contributed by atoms with Gasteiger partial charge in [0.15, 0.2) is 0 Å². The van der Waals surface area contributed by atoms with E-state index in [1.807, 2.05) is 32.9 Å². The average molecular weight is 284 g/mol. The normalized spacial score (nSPS) is 11.4. The Morgan fingerprint density at radius 3 is 2.53 bits per heavy atom. The van der Waals surface area contributed by atoms with Crippen LogP contribution in [0.1, 0.15) is 42.6 Å². The Balaban J connectivity index is 2.78. The Morgan fingerprint density at radius 2 is 2.00 bits per heavy atom. The van der Waals surface area contributed by atoms with Gasteiger partial charge in [-0.2, -0.15) is 0 Å². The van der Waals surface area contributed by atoms with Gasteiger partial charge in [0.1, 0.15) is 0 Å². The molecule has 0 bridgehead atoms. The number of halogens is 1. The molecule has 0 saturated carbocycles. The smallest absolute Gasteiger partial charge is 0.252 e. The third kappa shape index (κ3) is 3.71. The number of hydrogen-bond donors (Lipinski definition) is 2. The molecule has 0 aromatic heterocycles. The van der Waals surface area contributed by atoms with Gasteiger partial charge in [-0.15, -0.1) is 0 Å². The molecule has 0 spiro atoms. The minimum absolute atomic E-state index is 0.0713. The van der Waals surface area contributed by atoms with Crippen LogP contribution < -0.4 is 5.32 Å². The highest BCUT2D eigenvalue weighted by Gasteiger charge is 2.26. The molecule has 106 valence electrons. The standard InChI is InChI=1S/C15H22ClNO2/c1-4-15(5-2,10-18)9-17-14(19)12-8-6-7-11(3)13(12)16/h6-8,18H,4-5,9-10H2,1-3H3,(H,17,19). The van der Waals surface area contributed by atoms with Gasteiger partial charge in [-0.1, -0.05) is 37.6 Å².